The topological polar surface area (TPSA) is 67.2 Å². The van der Waals surface area contributed by atoms with Crippen molar-refractivity contribution in [1.29, 1.82) is 0 Å². The minimum atomic E-state index is -0.374. The van der Waals surface area contributed by atoms with Gasteiger partial charge in [0.25, 0.3) is 11.8 Å². The Morgan fingerprint density at radius 3 is 2.41 bits per heavy atom. The number of benzene rings is 2. The maximum atomic E-state index is 13.1. The van der Waals surface area contributed by atoms with Crippen LogP contribution >= 0.6 is 11.6 Å². The molecule has 0 radical (unpaired) electrons. The molecular weight excluding hydrogens is 424 g/mol. The van der Waals surface area contributed by atoms with Crippen LogP contribution in [-0.2, 0) is 6.54 Å². The monoisotopic (exact) mass is 450 g/mol. The summed E-state index contributed by atoms with van der Waals surface area (Å²) in [4.78, 5) is 28.0. The Kier molecular flexibility index (Phi) is 6.61. The highest BCUT2D eigenvalue weighted by molar-refractivity contribution is 6.33. The van der Waals surface area contributed by atoms with Gasteiger partial charge in [-0.2, -0.15) is 5.10 Å². The van der Waals surface area contributed by atoms with Crippen LogP contribution in [0.15, 0.2) is 48.5 Å². The van der Waals surface area contributed by atoms with E-state index in [2.05, 4.69) is 10.4 Å². The summed E-state index contributed by atoms with van der Waals surface area (Å²) in [6.45, 7) is 5.76. The van der Waals surface area contributed by atoms with Crippen molar-refractivity contribution in [3.05, 3.63) is 81.6 Å². The molecule has 0 spiro atoms. The summed E-state index contributed by atoms with van der Waals surface area (Å²) in [5.74, 6) is -0.431. The van der Waals surface area contributed by atoms with Gasteiger partial charge in [-0.25, -0.2) is 4.68 Å². The lowest BCUT2D eigenvalue weighted by Crippen LogP contribution is -2.36. The summed E-state index contributed by atoms with van der Waals surface area (Å²) in [6.07, 6.45) is 3.16. The van der Waals surface area contributed by atoms with Crippen LogP contribution in [-0.4, -0.2) is 39.6 Å². The van der Waals surface area contributed by atoms with Crippen molar-refractivity contribution in [1.82, 2.24) is 14.7 Å². The first kappa shape index (κ1) is 22.1. The second-order valence-corrected chi connectivity index (χ2v) is 8.61. The van der Waals surface area contributed by atoms with Crippen LogP contribution in [0.25, 0.3) is 0 Å². The first-order valence-corrected chi connectivity index (χ1v) is 11.3. The second-order valence-electron chi connectivity index (χ2n) is 8.25. The molecule has 3 aromatic rings. The van der Waals surface area contributed by atoms with E-state index in [1.165, 1.54) is 5.56 Å². The van der Waals surface area contributed by atoms with Gasteiger partial charge < -0.3 is 10.2 Å². The van der Waals surface area contributed by atoms with Crippen LogP contribution in [0, 0.1) is 13.8 Å². The van der Waals surface area contributed by atoms with Gasteiger partial charge in [0.15, 0.2) is 0 Å². The zero-order valence-corrected chi connectivity index (χ0v) is 19.2. The molecule has 4 rings (SSSR count). The molecule has 0 saturated carbocycles. The van der Waals surface area contributed by atoms with Gasteiger partial charge in [0.2, 0.25) is 0 Å². The SMILES string of the molecule is Cc1ccc(Cn2nc(C)c(C(=O)Nc3ccccc3C(=O)N3CCCCC3)c2Cl)cc1. The Bertz CT molecular complexity index is 1130. The van der Waals surface area contributed by atoms with E-state index < -0.39 is 0 Å². The van der Waals surface area contributed by atoms with E-state index in [0.717, 1.165) is 37.9 Å². The molecule has 166 valence electrons. The summed E-state index contributed by atoms with van der Waals surface area (Å²) in [5.41, 5.74) is 4.05. The number of aryl methyl sites for hydroxylation is 2. The number of hydrogen-bond acceptors (Lipinski definition) is 3. The number of rotatable bonds is 5. The summed E-state index contributed by atoms with van der Waals surface area (Å²) >= 11 is 6.56. The van der Waals surface area contributed by atoms with Crippen molar-refractivity contribution in [3.8, 4) is 0 Å². The van der Waals surface area contributed by atoms with Gasteiger partial charge in [0.1, 0.15) is 5.15 Å². The Labute approximate surface area is 193 Å². The van der Waals surface area contributed by atoms with Crippen molar-refractivity contribution in [2.24, 2.45) is 0 Å². The molecule has 32 heavy (non-hydrogen) atoms. The van der Waals surface area contributed by atoms with Gasteiger partial charge in [0.05, 0.1) is 29.1 Å². The molecule has 1 N–H and O–H groups in total. The minimum Gasteiger partial charge on any atom is -0.339 e. The van der Waals surface area contributed by atoms with E-state index in [1.807, 2.05) is 42.2 Å². The number of piperidine rings is 1. The van der Waals surface area contributed by atoms with Crippen molar-refractivity contribution >= 4 is 29.1 Å². The quantitative estimate of drug-likeness (QED) is 0.589. The van der Waals surface area contributed by atoms with Gasteiger partial charge in [-0.1, -0.05) is 53.6 Å². The Morgan fingerprint density at radius 1 is 1.00 bits per heavy atom. The summed E-state index contributed by atoms with van der Waals surface area (Å²) in [7, 11) is 0. The molecule has 0 atom stereocenters. The fraction of sp³-hybridized carbons (Fsp3) is 0.320. The highest BCUT2D eigenvalue weighted by Gasteiger charge is 2.24. The molecule has 2 aromatic carbocycles. The molecular formula is C25H27ClN4O2. The number of para-hydroxylation sites is 1. The molecule has 0 unspecified atom stereocenters. The number of aromatic nitrogens is 2. The van der Waals surface area contributed by atoms with E-state index in [9.17, 15) is 9.59 Å². The number of nitrogens with one attached hydrogen (secondary N) is 1. The molecule has 1 aromatic heterocycles. The molecule has 1 aliphatic rings. The first-order chi connectivity index (χ1) is 15.4. The average Bonchev–Trinajstić information content (AvgIpc) is 3.08. The number of nitrogens with zero attached hydrogens (tertiary/aromatic N) is 3. The van der Waals surface area contributed by atoms with E-state index >= 15 is 0 Å². The molecule has 0 bridgehead atoms. The fourth-order valence-corrected chi connectivity index (χ4v) is 4.33. The van der Waals surface area contributed by atoms with Crippen LogP contribution < -0.4 is 5.32 Å². The minimum absolute atomic E-state index is 0.0570. The molecule has 1 saturated heterocycles. The maximum Gasteiger partial charge on any atom is 0.260 e. The number of anilines is 1. The lowest BCUT2D eigenvalue weighted by atomic mass is 10.1. The molecule has 6 nitrogen and oxygen atoms in total. The van der Waals surface area contributed by atoms with Crippen LogP contribution in [0.3, 0.4) is 0 Å². The van der Waals surface area contributed by atoms with Gasteiger partial charge >= 0.3 is 0 Å². The number of likely N-dealkylation sites (tertiary alicyclic amines) is 1. The van der Waals surface area contributed by atoms with Crippen molar-refractivity contribution in [3.63, 3.8) is 0 Å². The van der Waals surface area contributed by atoms with Crippen LogP contribution in [0.1, 0.15) is 56.8 Å². The summed E-state index contributed by atoms with van der Waals surface area (Å²) in [5, 5.41) is 7.64. The molecule has 2 heterocycles. The predicted octanol–water partition coefficient (Wildman–Crippen LogP) is 5.08. The second kappa shape index (κ2) is 9.57. The third-order valence-electron chi connectivity index (χ3n) is 5.79. The largest absolute Gasteiger partial charge is 0.339 e. The summed E-state index contributed by atoms with van der Waals surface area (Å²) in [6, 6.07) is 15.2. The third-order valence-corrected chi connectivity index (χ3v) is 6.18. The number of halogens is 1. The van der Waals surface area contributed by atoms with Gasteiger partial charge in [-0.3, -0.25) is 9.59 Å². The first-order valence-electron chi connectivity index (χ1n) is 10.9. The number of carbonyl (C=O) groups excluding carboxylic acids is 2. The number of amides is 2. The maximum absolute atomic E-state index is 13.1. The van der Waals surface area contributed by atoms with E-state index in [-0.39, 0.29) is 17.0 Å². The van der Waals surface area contributed by atoms with Crippen LogP contribution in [0.2, 0.25) is 5.15 Å². The highest BCUT2D eigenvalue weighted by Crippen LogP contribution is 2.25. The van der Waals surface area contributed by atoms with Gasteiger partial charge in [-0.15, -0.1) is 0 Å². The zero-order chi connectivity index (χ0) is 22.7. The smallest absolute Gasteiger partial charge is 0.260 e. The molecule has 0 aliphatic carbocycles. The Morgan fingerprint density at radius 2 is 1.69 bits per heavy atom. The van der Waals surface area contributed by atoms with Crippen LogP contribution in [0.4, 0.5) is 5.69 Å². The van der Waals surface area contributed by atoms with E-state index in [4.69, 9.17) is 11.6 Å². The fourth-order valence-electron chi connectivity index (χ4n) is 4.01. The Balaban J connectivity index is 1.55. The highest BCUT2D eigenvalue weighted by atomic mass is 35.5. The zero-order valence-electron chi connectivity index (χ0n) is 18.4. The molecule has 1 fully saturated rings. The van der Waals surface area contributed by atoms with Crippen molar-refractivity contribution in [2.75, 3.05) is 18.4 Å². The van der Waals surface area contributed by atoms with Crippen molar-refractivity contribution in [2.45, 2.75) is 39.7 Å². The number of hydrogen-bond donors (Lipinski definition) is 1. The van der Waals surface area contributed by atoms with Crippen LogP contribution in [0.5, 0.6) is 0 Å². The lowest BCUT2D eigenvalue weighted by Gasteiger charge is -2.27. The van der Waals surface area contributed by atoms with Gasteiger partial charge in [0, 0.05) is 13.1 Å². The van der Waals surface area contributed by atoms with E-state index in [1.54, 1.807) is 29.8 Å². The lowest BCUT2D eigenvalue weighted by molar-refractivity contribution is 0.0725. The number of carbonyl (C=O) groups is 2. The normalized spacial score (nSPS) is 13.8. The molecule has 2 amide bonds. The van der Waals surface area contributed by atoms with Crippen molar-refractivity contribution < 1.29 is 9.59 Å². The molecule has 7 heteroatoms. The predicted molar refractivity (Wildman–Crippen MR) is 126 cm³/mol. The van der Waals surface area contributed by atoms with Gasteiger partial charge in [-0.05, 0) is 50.8 Å². The third kappa shape index (κ3) is 4.70. The average molecular weight is 451 g/mol. The Hall–Kier alpha value is -3.12. The summed E-state index contributed by atoms with van der Waals surface area (Å²) < 4.78 is 1.63. The molecule has 1 aliphatic heterocycles. The standard InChI is InChI=1S/C25H27ClN4O2/c1-17-10-12-19(13-11-17)16-30-23(26)22(18(2)28-30)24(31)27-21-9-5-4-8-20(21)25(32)29-14-6-3-7-15-29/h4-5,8-13H,3,6-7,14-16H2,1-2H3,(H,27,31). The van der Waals surface area contributed by atoms with E-state index in [0.29, 0.717) is 29.1 Å².